The summed E-state index contributed by atoms with van der Waals surface area (Å²) in [6, 6.07) is 3.47. The van der Waals surface area contributed by atoms with E-state index in [4.69, 9.17) is 0 Å². The minimum Gasteiger partial charge on any atom is -0.300 e. The van der Waals surface area contributed by atoms with Gasteiger partial charge >= 0.3 is 0 Å². The molecule has 0 radical (unpaired) electrons. The molecular weight excluding hydrogens is 280 g/mol. The topological polar surface area (TPSA) is 40.6 Å². The Labute approximate surface area is 120 Å². The zero-order chi connectivity index (χ0) is 14.1. The molecule has 0 N–H and O–H groups in total. The molecule has 4 nitrogen and oxygen atoms in total. The van der Waals surface area contributed by atoms with Crippen molar-refractivity contribution in [3.05, 3.63) is 17.5 Å². The van der Waals surface area contributed by atoms with Gasteiger partial charge in [-0.15, -0.1) is 11.3 Å². The van der Waals surface area contributed by atoms with Gasteiger partial charge < -0.3 is 4.90 Å². The summed E-state index contributed by atoms with van der Waals surface area (Å²) >= 11 is 1.29. The molecule has 19 heavy (non-hydrogen) atoms. The second-order valence-electron chi connectivity index (χ2n) is 6.17. The van der Waals surface area contributed by atoms with E-state index in [0.717, 1.165) is 19.6 Å². The van der Waals surface area contributed by atoms with Gasteiger partial charge in [-0.25, -0.2) is 8.42 Å². The van der Waals surface area contributed by atoms with Gasteiger partial charge in [0.15, 0.2) is 0 Å². The zero-order valence-corrected chi connectivity index (χ0v) is 13.4. The molecule has 1 aliphatic rings. The number of rotatable bonds is 3. The lowest BCUT2D eigenvalue weighted by Gasteiger charge is -2.37. The summed E-state index contributed by atoms with van der Waals surface area (Å²) in [5.41, 5.74) is 0.259. The van der Waals surface area contributed by atoms with Crippen LogP contribution in [0.4, 0.5) is 0 Å². The van der Waals surface area contributed by atoms with Crippen LogP contribution in [0, 0.1) is 5.41 Å². The largest absolute Gasteiger partial charge is 0.300 e. The highest BCUT2D eigenvalue weighted by Gasteiger charge is 2.30. The van der Waals surface area contributed by atoms with Crippen LogP contribution in [0.2, 0.25) is 0 Å². The lowest BCUT2D eigenvalue weighted by Crippen LogP contribution is -2.50. The highest BCUT2D eigenvalue weighted by atomic mass is 32.2. The Morgan fingerprint density at radius 2 is 1.84 bits per heavy atom. The Morgan fingerprint density at radius 3 is 2.32 bits per heavy atom. The molecule has 2 rings (SSSR count). The third-order valence-corrected chi connectivity index (χ3v) is 6.39. The smallest absolute Gasteiger partial charge is 0.252 e. The normalized spacial score (nSPS) is 19.7. The van der Waals surface area contributed by atoms with E-state index in [-0.39, 0.29) is 5.41 Å². The van der Waals surface area contributed by atoms with Crippen LogP contribution in [-0.2, 0) is 10.0 Å². The van der Waals surface area contributed by atoms with Crippen LogP contribution in [0.3, 0.4) is 0 Å². The number of hydrogen-bond acceptors (Lipinski definition) is 4. The van der Waals surface area contributed by atoms with Crippen LogP contribution in [0.25, 0.3) is 0 Å². The lowest BCUT2D eigenvalue weighted by molar-refractivity contribution is 0.141. The van der Waals surface area contributed by atoms with E-state index in [0.29, 0.717) is 17.3 Å². The van der Waals surface area contributed by atoms with Gasteiger partial charge in [0, 0.05) is 32.7 Å². The Kier molecular flexibility index (Phi) is 4.35. The van der Waals surface area contributed by atoms with Crippen molar-refractivity contribution in [2.24, 2.45) is 5.41 Å². The van der Waals surface area contributed by atoms with Crippen LogP contribution < -0.4 is 0 Å². The third-order valence-electron chi connectivity index (χ3n) is 3.12. The Bertz CT molecular complexity index is 495. The summed E-state index contributed by atoms with van der Waals surface area (Å²) in [6.45, 7) is 10.5. The van der Waals surface area contributed by atoms with Crippen molar-refractivity contribution in [1.82, 2.24) is 9.21 Å². The summed E-state index contributed by atoms with van der Waals surface area (Å²) in [7, 11) is -3.26. The number of thiophene rings is 1. The highest BCUT2D eigenvalue weighted by molar-refractivity contribution is 7.91. The van der Waals surface area contributed by atoms with Gasteiger partial charge in [0.2, 0.25) is 0 Å². The van der Waals surface area contributed by atoms with Crippen molar-refractivity contribution >= 4 is 21.4 Å². The number of hydrogen-bond donors (Lipinski definition) is 0. The van der Waals surface area contributed by atoms with Crippen molar-refractivity contribution in [1.29, 1.82) is 0 Å². The van der Waals surface area contributed by atoms with Crippen LogP contribution in [0.5, 0.6) is 0 Å². The minimum atomic E-state index is -3.26. The molecule has 0 unspecified atom stereocenters. The van der Waals surface area contributed by atoms with Crippen molar-refractivity contribution < 1.29 is 8.42 Å². The SMILES string of the molecule is CC(C)(C)CN1CCN(S(=O)(=O)c2cccs2)CC1. The van der Waals surface area contributed by atoms with Crippen molar-refractivity contribution in [3.8, 4) is 0 Å². The molecule has 108 valence electrons. The van der Waals surface area contributed by atoms with Gasteiger partial charge in [0.1, 0.15) is 4.21 Å². The number of sulfonamides is 1. The summed E-state index contributed by atoms with van der Waals surface area (Å²) in [4.78, 5) is 2.35. The molecule has 0 bridgehead atoms. The monoisotopic (exact) mass is 302 g/mol. The molecule has 0 atom stereocenters. The fourth-order valence-corrected chi connectivity index (χ4v) is 4.90. The first-order valence-electron chi connectivity index (χ1n) is 6.55. The summed E-state index contributed by atoms with van der Waals surface area (Å²) in [5.74, 6) is 0. The average Bonchev–Trinajstić information content (AvgIpc) is 2.81. The zero-order valence-electron chi connectivity index (χ0n) is 11.8. The second kappa shape index (κ2) is 5.52. The highest BCUT2D eigenvalue weighted by Crippen LogP contribution is 2.23. The maximum atomic E-state index is 12.4. The lowest BCUT2D eigenvalue weighted by atomic mass is 9.96. The maximum absolute atomic E-state index is 12.4. The summed E-state index contributed by atoms with van der Waals surface area (Å²) < 4.78 is 26.8. The first-order chi connectivity index (χ1) is 8.79. The molecule has 2 heterocycles. The maximum Gasteiger partial charge on any atom is 0.252 e. The predicted molar refractivity (Wildman–Crippen MR) is 79.0 cm³/mol. The molecule has 0 saturated carbocycles. The molecule has 0 aliphatic carbocycles. The molecule has 6 heteroatoms. The summed E-state index contributed by atoms with van der Waals surface area (Å²) in [5, 5.41) is 1.81. The second-order valence-corrected chi connectivity index (χ2v) is 9.29. The Morgan fingerprint density at radius 1 is 1.21 bits per heavy atom. The molecule has 1 aliphatic heterocycles. The molecule has 0 spiro atoms. The van der Waals surface area contributed by atoms with Crippen LogP contribution in [-0.4, -0.2) is 50.3 Å². The van der Waals surface area contributed by atoms with E-state index in [9.17, 15) is 8.42 Å². The van der Waals surface area contributed by atoms with Gasteiger partial charge in [-0.3, -0.25) is 0 Å². The van der Waals surface area contributed by atoms with E-state index >= 15 is 0 Å². The molecule has 0 amide bonds. The molecule has 1 saturated heterocycles. The quantitative estimate of drug-likeness (QED) is 0.858. The molecule has 1 aromatic rings. The Balaban J connectivity index is 1.97. The minimum absolute atomic E-state index is 0.259. The standard InChI is InChI=1S/C13H22N2O2S2/c1-13(2,3)11-14-6-8-15(9-7-14)19(16,17)12-5-4-10-18-12/h4-5,10H,6-9,11H2,1-3H3. The van der Waals surface area contributed by atoms with Gasteiger partial charge in [-0.1, -0.05) is 26.8 Å². The van der Waals surface area contributed by atoms with Gasteiger partial charge in [-0.05, 0) is 16.9 Å². The van der Waals surface area contributed by atoms with Crippen molar-refractivity contribution in [2.75, 3.05) is 32.7 Å². The third kappa shape index (κ3) is 3.78. The van der Waals surface area contributed by atoms with E-state index in [1.54, 1.807) is 16.4 Å². The average molecular weight is 302 g/mol. The molecule has 0 aromatic carbocycles. The van der Waals surface area contributed by atoms with Crippen molar-refractivity contribution in [3.63, 3.8) is 0 Å². The molecule has 1 fully saturated rings. The molecule has 1 aromatic heterocycles. The predicted octanol–water partition coefficient (Wildman–Crippen LogP) is 2.10. The van der Waals surface area contributed by atoms with Gasteiger partial charge in [0.05, 0.1) is 0 Å². The van der Waals surface area contributed by atoms with Gasteiger partial charge in [-0.2, -0.15) is 4.31 Å². The molecular formula is C13H22N2O2S2. The fraction of sp³-hybridized carbons (Fsp3) is 0.692. The van der Waals surface area contributed by atoms with E-state index in [2.05, 4.69) is 25.7 Å². The van der Waals surface area contributed by atoms with Gasteiger partial charge in [0.25, 0.3) is 10.0 Å². The van der Waals surface area contributed by atoms with Crippen LogP contribution in [0.1, 0.15) is 20.8 Å². The van der Waals surface area contributed by atoms with E-state index < -0.39 is 10.0 Å². The van der Waals surface area contributed by atoms with Crippen LogP contribution >= 0.6 is 11.3 Å². The fourth-order valence-electron chi connectivity index (χ4n) is 2.34. The van der Waals surface area contributed by atoms with Crippen LogP contribution in [0.15, 0.2) is 21.7 Å². The first-order valence-corrected chi connectivity index (χ1v) is 8.87. The summed E-state index contributed by atoms with van der Waals surface area (Å²) in [6.07, 6.45) is 0. The van der Waals surface area contributed by atoms with E-state index in [1.807, 2.05) is 5.38 Å². The number of piperazine rings is 1. The number of nitrogens with zero attached hydrogens (tertiary/aromatic N) is 2. The van der Waals surface area contributed by atoms with Crippen molar-refractivity contribution in [2.45, 2.75) is 25.0 Å². The van der Waals surface area contributed by atoms with E-state index in [1.165, 1.54) is 11.3 Å². The Hall–Kier alpha value is -0.430. The first kappa shape index (κ1) is 15.0.